The number of para-hydroxylation sites is 2. The van der Waals surface area contributed by atoms with E-state index in [-0.39, 0.29) is 6.79 Å². The number of rotatable bonds is 7. The normalized spacial score (nSPS) is 12.3. The zero-order valence-electron chi connectivity index (χ0n) is 18.7. The van der Waals surface area contributed by atoms with Crippen molar-refractivity contribution < 1.29 is 14.2 Å². The molecule has 0 atom stereocenters. The molecule has 0 amide bonds. The lowest BCUT2D eigenvalue weighted by atomic mass is 9.95. The number of methoxy groups -OCH3 is 1. The molecule has 1 aromatic heterocycles. The summed E-state index contributed by atoms with van der Waals surface area (Å²) < 4.78 is 17.2. The van der Waals surface area contributed by atoms with Crippen LogP contribution in [-0.2, 0) is 12.8 Å². The molecule has 1 aliphatic rings. The summed E-state index contributed by atoms with van der Waals surface area (Å²) in [5.74, 6) is 2.04. The van der Waals surface area contributed by atoms with Crippen LogP contribution in [0.4, 0.5) is 5.69 Å². The first kappa shape index (κ1) is 21.0. The zero-order chi connectivity index (χ0) is 22.8. The molecule has 0 saturated heterocycles. The number of nitrogen functional groups attached to an aromatic ring is 1. The standard InChI is InChI=1S/C26H26N4O3/c1-28-12-11-17-13-23-26(33-15-32-23)25(31-2)19(17)14-22-24(16-7-9-18(27)10-8-16)30-21-6-4-3-5-20(21)29-22/h3-10,13,28H,11-12,14-15,27H2,1-2H3. The van der Waals surface area contributed by atoms with Crippen LogP contribution in [0.1, 0.15) is 16.8 Å². The van der Waals surface area contributed by atoms with Gasteiger partial charge in [-0.2, -0.15) is 0 Å². The van der Waals surface area contributed by atoms with Gasteiger partial charge in [0.05, 0.1) is 29.5 Å². The largest absolute Gasteiger partial charge is 0.492 e. The highest BCUT2D eigenvalue weighted by molar-refractivity contribution is 5.79. The van der Waals surface area contributed by atoms with Crippen molar-refractivity contribution in [2.75, 3.05) is 33.2 Å². The monoisotopic (exact) mass is 442 g/mol. The van der Waals surface area contributed by atoms with E-state index >= 15 is 0 Å². The molecule has 3 N–H and O–H groups in total. The van der Waals surface area contributed by atoms with Gasteiger partial charge in [0.2, 0.25) is 12.5 Å². The summed E-state index contributed by atoms with van der Waals surface area (Å²) in [7, 11) is 3.60. The van der Waals surface area contributed by atoms with Gasteiger partial charge < -0.3 is 25.3 Å². The summed E-state index contributed by atoms with van der Waals surface area (Å²) in [6.45, 7) is 1.01. The molecular formula is C26H26N4O3. The second-order valence-corrected chi connectivity index (χ2v) is 7.94. The van der Waals surface area contributed by atoms with Gasteiger partial charge in [0, 0.05) is 23.2 Å². The zero-order valence-corrected chi connectivity index (χ0v) is 18.7. The number of ether oxygens (including phenoxy) is 3. The lowest BCUT2D eigenvalue weighted by Gasteiger charge is -2.18. The molecule has 168 valence electrons. The first-order chi connectivity index (χ1) is 16.2. The number of nitrogens with one attached hydrogen (secondary N) is 1. The molecule has 0 spiro atoms. The molecule has 0 unspecified atom stereocenters. The summed E-state index contributed by atoms with van der Waals surface area (Å²) in [5.41, 5.74) is 13.1. The molecule has 3 aromatic carbocycles. The van der Waals surface area contributed by atoms with Crippen molar-refractivity contribution in [3.05, 3.63) is 71.4 Å². The summed E-state index contributed by atoms with van der Waals surface area (Å²) in [6.07, 6.45) is 1.35. The Balaban J connectivity index is 1.69. The van der Waals surface area contributed by atoms with E-state index < -0.39 is 0 Å². The fourth-order valence-electron chi connectivity index (χ4n) is 4.19. The summed E-state index contributed by atoms with van der Waals surface area (Å²) in [6, 6.07) is 17.7. The quantitative estimate of drug-likeness (QED) is 0.419. The van der Waals surface area contributed by atoms with Crippen LogP contribution in [0.3, 0.4) is 0 Å². The minimum Gasteiger partial charge on any atom is -0.492 e. The van der Waals surface area contributed by atoms with Crippen LogP contribution in [0.15, 0.2) is 54.6 Å². The van der Waals surface area contributed by atoms with E-state index in [1.165, 1.54) is 0 Å². The average molecular weight is 443 g/mol. The third kappa shape index (κ3) is 4.03. The van der Waals surface area contributed by atoms with Crippen LogP contribution < -0.4 is 25.3 Å². The van der Waals surface area contributed by atoms with Crippen LogP contribution >= 0.6 is 0 Å². The van der Waals surface area contributed by atoms with Crippen molar-refractivity contribution in [2.24, 2.45) is 0 Å². The fourth-order valence-corrected chi connectivity index (χ4v) is 4.19. The number of aromatic nitrogens is 2. The van der Waals surface area contributed by atoms with Crippen LogP contribution in [0.5, 0.6) is 17.2 Å². The number of benzene rings is 3. The molecule has 2 heterocycles. The second-order valence-electron chi connectivity index (χ2n) is 7.94. The molecule has 1 aliphatic heterocycles. The Kier molecular flexibility index (Phi) is 5.71. The molecule has 0 bridgehead atoms. The van der Waals surface area contributed by atoms with Gasteiger partial charge in [-0.05, 0) is 55.9 Å². The lowest BCUT2D eigenvalue weighted by Crippen LogP contribution is -2.13. The second kappa shape index (κ2) is 8.96. The van der Waals surface area contributed by atoms with Gasteiger partial charge >= 0.3 is 0 Å². The Hall–Kier alpha value is -3.84. The highest BCUT2D eigenvalue weighted by atomic mass is 16.7. The van der Waals surface area contributed by atoms with Crippen molar-refractivity contribution in [3.63, 3.8) is 0 Å². The van der Waals surface area contributed by atoms with Gasteiger partial charge in [0.15, 0.2) is 11.5 Å². The Labute approximate surface area is 192 Å². The van der Waals surface area contributed by atoms with Crippen molar-refractivity contribution in [1.82, 2.24) is 15.3 Å². The molecule has 0 saturated carbocycles. The third-order valence-corrected chi connectivity index (χ3v) is 5.83. The summed E-state index contributed by atoms with van der Waals surface area (Å²) in [4.78, 5) is 10.0. The van der Waals surface area contributed by atoms with E-state index in [1.807, 2.05) is 55.6 Å². The predicted octanol–water partition coefficient (Wildman–Crippen LogP) is 3.97. The molecular weight excluding hydrogens is 416 g/mol. The summed E-state index contributed by atoms with van der Waals surface area (Å²) >= 11 is 0. The van der Waals surface area contributed by atoms with Gasteiger partial charge in [0.1, 0.15) is 0 Å². The fraction of sp³-hybridized carbons (Fsp3) is 0.231. The lowest BCUT2D eigenvalue weighted by molar-refractivity contribution is 0.171. The van der Waals surface area contributed by atoms with E-state index in [0.29, 0.717) is 29.4 Å². The molecule has 7 nitrogen and oxygen atoms in total. The van der Waals surface area contributed by atoms with E-state index in [1.54, 1.807) is 7.11 Å². The molecule has 0 aliphatic carbocycles. The average Bonchev–Trinajstić information content (AvgIpc) is 3.31. The van der Waals surface area contributed by atoms with Crippen LogP contribution in [0, 0.1) is 0 Å². The highest BCUT2D eigenvalue weighted by Crippen LogP contribution is 2.46. The Morgan fingerprint density at radius 3 is 2.52 bits per heavy atom. The Bertz CT molecular complexity index is 1310. The molecule has 7 heteroatoms. The van der Waals surface area contributed by atoms with Crippen molar-refractivity contribution >= 4 is 16.7 Å². The molecule has 33 heavy (non-hydrogen) atoms. The third-order valence-electron chi connectivity index (χ3n) is 5.83. The Morgan fingerprint density at radius 2 is 1.79 bits per heavy atom. The van der Waals surface area contributed by atoms with Crippen molar-refractivity contribution in [2.45, 2.75) is 12.8 Å². The molecule has 0 radical (unpaired) electrons. The van der Waals surface area contributed by atoms with Gasteiger partial charge in [-0.15, -0.1) is 0 Å². The van der Waals surface area contributed by atoms with Gasteiger partial charge in [-0.3, -0.25) is 0 Å². The smallest absolute Gasteiger partial charge is 0.231 e. The number of nitrogens with two attached hydrogens (primary N) is 1. The molecule has 0 fully saturated rings. The maximum atomic E-state index is 5.93. The van der Waals surface area contributed by atoms with Gasteiger partial charge in [0.25, 0.3) is 0 Å². The van der Waals surface area contributed by atoms with Crippen molar-refractivity contribution in [1.29, 1.82) is 0 Å². The maximum absolute atomic E-state index is 5.93. The molecule has 5 rings (SSSR count). The van der Waals surface area contributed by atoms with E-state index in [4.69, 9.17) is 29.9 Å². The topological polar surface area (TPSA) is 91.5 Å². The maximum Gasteiger partial charge on any atom is 0.231 e. The van der Waals surface area contributed by atoms with Gasteiger partial charge in [-0.1, -0.05) is 24.3 Å². The van der Waals surface area contributed by atoms with Crippen LogP contribution in [-0.4, -0.2) is 37.5 Å². The minimum absolute atomic E-state index is 0.188. The van der Waals surface area contributed by atoms with Gasteiger partial charge in [-0.25, -0.2) is 9.97 Å². The SMILES string of the molecule is CNCCc1cc2c(c(OC)c1Cc1nc3ccccc3nc1-c1ccc(N)cc1)OCO2. The van der Waals surface area contributed by atoms with Crippen LogP contribution in [0.2, 0.25) is 0 Å². The van der Waals surface area contributed by atoms with Crippen LogP contribution in [0.25, 0.3) is 22.3 Å². The van der Waals surface area contributed by atoms with Crippen molar-refractivity contribution in [3.8, 4) is 28.5 Å². The number of nitrogens with zero attached hydrogens (tertiary/aromatic N) is 2. The minimum atomic E-state index is 0.188. The number of hydrogen-bond donors (Lipinski definition) is 2. The Morgan fingerprint density at radius 1 is 1.03 bits per heavy atom. The number of hydrogen-bond acceptors (Lipinski definition) is 7. The van der Waals surface area contributed by atoms with E-state index in [9.17, 15) is 0 Å². The first-order valence-corrected chi connectivity index (χ1v) is 10.9. The van der Waals surface area contributed by atoms with E-state index in [2.05, 4.69) is 11.4 Å². The highest BCUT2D eigenvalue weighted by Gasteiger charge is 2.26. The predicted molar refractivity (Wildman–Crippen MR) is 129 cm³/mol. The van der Waals surface area contributed by atoms with E-state index in [0.717, 1.165) is 52.1 Å². The number of anilines is 1. The number of likely N-dealkylation sites (N-methyl/N-ethyl adjacent to an activating group) is 1. The summed E-state index contributed by atoms with van der Waals surface area (Å²) in [5, 5.41) is 3.23. The number of fused-ring (bicyclic) bond motifs is 2. The molecule has 4 aromatic rings. The first-order valence-electron chi connectivity index (χ1n) is 10.9.